The van der Waals surface area contributed by atoms with Crippen molar-refractivity contribution in [1.82, 2.24) is 0 Å². The molecule has 168 valence electrons. The summed E-state index contributed by atoms with van der Waals surface area (Å²) in [5.74, 6) is 0.558. The van der Waals surface area contributed by atoms with E-state index in [1.54, 1.807) is 6.07 Å². The highest BCUT2D eigenvalue weighted by Crippen LogP contribution is 2.57. The van der Waals surface area contributed by atoms with Crippen molar-refractivity contribution in [3.63, 3.8) is 0 Å². The van der Waals surface area contributed by atoms with Gasteiger partial charge in [-0.2, -0.15) is 0 Å². The number of rotatable bonds is 3. The lowest BCUT2D eigenvalue weighted by Crippen LogP contribution is -2.39. The Morgan fingerprint density at radius 1 is 0.939 bits per heavy atom. The molecule has 2 aliphatic heterocycles. The first-order valence-electron chi connectivity index (χ1n) is 12.0. The van der Waals surface area contributed by atoms with Crippen molar-refractivity contribution in [2.45, 2.75) is 43.8 Å². The van der Waals surface area contributed by atoms with Gasteiger partial charge in [0.05, 0.1) is 6.61 Å². The maximum atomic E-state index is 11.1. The average molecular weight is 440 g/mol. The Balaban J connectivity index is 1.41. The molecule has 0 radical (unpaired) electrons. The van der Waals surface area contributed by atoms with Crippen molar-refractivity contribution >= 4 is 12.0 Å². The van der Waals surface area contributed by atoms with Crippen LogP contribution < -0.4 is 4.90 Å². The number of carbonyl (C=O) groups is 1. The number of ether oxygens (including phenoxy) is 1. The third-order valence-electron chi connectivity index (χ3n) is 7.96. The molecule has 1 aliphatic carbocycles. The van der Waals surface area contributed by atoms with Gasteiger partial charge in [-0.3, -0.25) is 0 Å². The number of fused-ring (bicyclic) bond motifs is 3. The summed E-state index contributed by atoms with van der Waals surface area (Å²) in [6.45, 7) is 2.40. The summed E-state index contributed by atoms with van der Waals surface area (Å²) in [7, 11) is 0. The third-order valence-corrected chi connectivity index (χ3v) is 7.96. The van der Waals surface area contributed by atoms with Crippen LogP contribution in [0, 0.1) is 5.92 Å². The van der Waals surface area contributed by atoms with Crippen LogP contribution in [-0.2, 0) is 28.2 Å². The van der Waals surface area contributed by atoms with Gasteiger partial charge in [0.15, 0.2) is 0 Å². The number of anilines is 1. The molecule has 0 bridgehead atoms. The van der Waals surface area contributed by atoms with Gasteiger partial charge in [-0.1, -0.05) is 48.5 Å². The number of carbonyl (C=O) groups excluding carboxylic acids is 1. The van der Waals surface area contributed by atoms with E-state index >= 15 is 0 Å². The second-order valence-electron chi connectivity index (χ2n) is 9.67. The Bertz CT molecular complexity index is 1180. The van der Waals surface area contributed by atoms with Gasteiger partial charge in [0.2, 0.25) is 0 Å². The summed E-state index contributed by atoms with van der Waals surface area (Å²) in [6, 6.07) is 23.3. The van der Waals surface area contributed by atoms with Gasteiger partial charge < -0.3 is 19.5 Å². The quantitative estimate of drug-likeness (QED) is 0.562. The number of nitrogens with zero attached hydrogens (tertiary/aromatic N) is 1. The SMILES string of the molecule is O=CC1CCN(c2ccc([C@@H]3c4ccccc4CO[C@@]34CCc3cccc(O)c34)cc2)CC1. The van der Waals surface area contributed by atoms with Crippen molar-refractivity contribution in [2.75, 3.05) is 18.0 Å². The van der Waals surface area contributed by atoms with E-state index in [-0.39, 0.29) is 11.8 Å². The van der Waals surface area contributed by atoms with Crippen LogP contribution >= 0.6 is 0 Å². The van der Waals surface area contributed by atoms with Crippen LogP contribution in [0.25, 0.3) is 0 Å². The molecule has 0 unspecified atom stereocenters. The molecule has 0 aromatic heterocycles. The van der Waals surface area contributed by atoms with Gasteiger partial charge in [0, 0.05) is 36.2 Å². The average Bonchev–Trinajstić information content (AvgIpc) is 3.24. The summed E-state index contributed by atoms with van der Waals surface area (Å²) >= 11 is 0. The van der Waals surface area contributed by atoms with E-state index in [4.69, 9.17) is 4.74 Å². The summed E-state index contributed by atoms with van der Waals surface area (Å²) in [5.41, 5.74) is 6.52. The monoisotopic (exact) mass is 439 g/mol. The summed E-state index contributed by atoms with van der Waals surface area (Å²) in [4.78, 5) is 13.5. The smallest absolute Gasteiger partial charge is 0.123 e. The summed E-state index contributed by atoms with van der Waals surface area (Å²) in [6.07, 6.45) is 4.73. The molecule has 3 aromatic rings. The van der Waals surface area contributed by atoms with Crippen LogP contribution in [0.2, 0.25) is 0 Å². The van der Waals surface area contributed by atoms with Crippen LogP contribution in [0.15, 0.2) is 66.7 Å². The van der Waals surface area contributed by atoms with Crippen molar-refractivity contribution in [2.24, 2.45) is 5.92 Å². The highest BCUT2D eigenvalue weighted by Gasteiger charge is 2.51. The lowest BCUT2D eigenvalue weighted by Gasteiger charge is -2.44. The number of hydrogen-bond acceptors (Lipinski definition) is 4. The Hall–Kier alpha value is -3.11. The lowest BCUT2D eigenvalue weighted by atomic mass is 9.71. The van der Waals surface area contributed by atoms with Crippen molar-refractivity contribution < 1.29 is 14.6 Å². The number of aryl methyl sites for hydroxylation is 1. The zero-order chi connectivity index (χ0) is 22.4. The van der Waals surface area contributed by atoms with Crippen LogP contribution in [0.3, 0.4) is 0 Å². The predicted octanol–water partition coefficient (Wildman–Crippen LogP) is 5.31. The highest BCUT2D eigenvalue weighted by molar-refractivity contribution is 5.58. The molecule has 1 N–H and O–H groups in total. The molecule has 3 aromatic carbocycles. The number of aromatic hydroxyl groups is 1. The van der Waals surface area contributed by atoms with Crippen molar-refractivity contribution in [1.29, 1.82) is 0 Å². The normalized spacial score (nSPS) is 24.5. The molecule has 33 heavy (non-hydrogen) atoms. The van der Waals surface area contributed by atoms with Gasteiger partial charge in [-0.15, -0.1) is 0 Å². The molecule has 3 aliphatic rings. The molecule has 0 saturated carbocycles. The fraction of sp³-hybridized carbons (Fsp3) is 0.345. The number of phenolic OH excluding ortho intramolecular Hbond substituents is 1. The Labute approximate surface area is 194 Å². The molecule has 2 atom stereocenters. The van der Waals surface area contributed by atoms with E-state index < -0.39 is 5.60 Å². The molecule has 6 rings (SSSR count). The Kier molecular flexibility index (Phi) is 4.99. The molecule has 1 spiro atoms. The minimum absolute atomic E-state index is 0.0202. The predicted molar refractivity (Wildman–Crippen MR) is 129 cm³/mol. The van der Waals surface area contributed by atoms with E-state index in [9.17, 15) is 9.90 Å². The van der Waals surface area contributed by atoms with Gasteiger partial charge >= 0.3 is 0 Å². The molecule has 2 heterocycles. The van der Waals surface area contributed by atoms with Crippen LogP contribution in [-0.4, -0.2) is 24.5 Å². The van der Waals surface area contributed by atoms with Gasteiger partial charge in [-0.05, 0) is 66.1 Å². The molecular formula is C29H29NO3. The number of aldehydes is 1. The Morgan fingerprint density at radius 2 is 1.70 bits per heavy atom. The Morgan fingerprint density at radius 3 is 2.48 bits per heavy atom. The van der Waals surface area contributed by atoms with Crippen LogP contribution in [0.1, 0.15) is 53.0 Å². The zero-order valence-corrected chi connectivity index (χ0v) is 18.7. The van der Waals surface area contributed by atoms with E-state index in [2.05, 4.69) is 59.5 Å². The molecule has 4 nitrogen and oxygen atoms in total. The van der Waals surface area contributed by atoms with Crippen molar-refractivity contribution in [3.05, 3.63) is 94.5 Å². The molecule has 1 fully saturated rings. The fourth-order valence-corrected chi connectivity index (χ4v) is 6.27. The van der Waals surface area contributed by atoms with E-state index in [0.717, 1.165) is 50.6 Å². The van der Waals surface area contributed by atoms with E-state index in [0.29, 0.717) is 12.4 Å². The summed E-state index contributed by atoms with van der Waals surface area (Å²) < 4.78 is 6.69. The summed E-state index contributed by atoms with van der Waals surface area (Å²) in [5, 5.41) is 10.9. The fourth-order valence-electron chi connectivity index (χ4n) is 6.27. The van der Waals surface area contributed by atoms with Crippen LogP contribution in [0.5, 0.6) is 5.75 Å². The van der Waals surface area contributed by atoms with Gasteiger partial charge in [0.25, 0.3) is 0 Å². The zero-order valence-electron chi connectivity index (χ0n) is 18.7. The molecule has 0 amide bonds. The second-order valence-corrected chi connectivity index (χ2v) is 9.67. The first-order chi connectivity index (χ1) is 16.2. The maximum absolute atomic E-state index is 11.1. The number of phenols is 1. The maximum Gasteiger partial charge on any atom is 0.123 e. The molecule has 1 saturated heterocycles. The topological polar surface area (TPSA) is 49.8 Å². The van der Waals surface area contributed by atoms with Crippen LogP contribution in [0.4, 0.5) is 5.69 Å². The lowest BCUT2D eigenvalue weighted by molar-refractivity contribution is -0.111. The molecule has 4 heteroatoms. The van der Waals surface area contributed by atoms with Crippen molar-refractivity contribution in [3.8, 4) is 5.75 Å². The second kappa shape index (κ2) is 8.03. The number of piperidine rings is 1. The molecular weight excluding hydrogens is 410 g/mol. The van der Waals surface area contributed by atoms with E-state index in [1.165, 1.54) is 27.9 Å². The van der Waals surface area contributed by atoms with Gasteiger partial charge in [0.1, 0.15) is 17.6 Å². The minimum atomic E-state index is -0.557. The first-order valence-corrected chi connectivity index (χ1v) is 12.0. The largest absolute Gasteiger partial charge is 0.508 e. The third kappa shape index (κ3) is 3.27. The minimum Gasteiger partial charge on any atom is -0.508 e. The highest BCUT2D eigenvalue weighted by atomic mass is 16.5. The van der Waals surface area contributed by atoms with Gasteiger partial charge in [-0.25, -0.2) is 0 Å². The number of hydrogen-bond donors (Lipinski definition) is 1. The first kappa shape index (κ1) is 20.5. The number of benzene rings is 3. The standard InChI is InChI=1S/C29H29NO3/c31-18-20-13-16-30(17-14-20)24-10-8-22(9-11-24)27-25-6-2-1-4-23(25)19-33-29(27)15-12-21-5-3-7-26(32)28(21)29/h1-11,18,20,27,32H,12-17,19H2/t27-,29+/m1/s1. The van der Waals surface area contributed by atoms with E-state index in [1.807, 2.05) is 6.07 Å².